The molecule has 8 nitrogen and oxygen atoms in total. The second kappa shape index (κ2) is 13.0. The number of carbonyl (C=O) groups is 2. The van der Waals surface area contributed by atoms with E-state index in [1.54, 1.807) is 28.8 Å². The van der Waals surface area contributed by atoms with Crippen LogP contribution in [0.25, 0.3) is 11.8 Å². The average molecular weight is 586 g/mol. The fourth-order valence-corrected chi connectivity index (χ4v) is 5.72. The van der Waals surface area contributed by atoms with E-state index in [1.165, 1.54) is 11.6 Å². The zero-order valence-electron chi connectivity index (χ0n) is 25.0. The maximum absolute atomic E-state index is 14.5. The number of aryl methyl sites for hydroxylation is 2. The molecule has 6 rings (SSSR count). The van der Waals surface area contributed by atoms with Gasteiger partial charge in [0.15, 0.2) is 5.89 Å². The first kappa shape index (κ1) is 28.9. The van der Waals surface area contributed by atoms with Gasteiger partial charge in [-0.25, -0.2) is 9.67 Å². The third-order valence-corrected chi connectivity index (χ3v) is 8.04. The van der Waals surface area contributed by atoms with Crippen molar-refractivity contribution in [2.45, 2.75) is 45.8 Å². The minimum atomic E-state index is -0.717. The Bertz CT molecular complexity index is 1760. The van der Waals surface area contributed by atoms with Gasteiger partial charge < -0.3 is 14.2 Å². The third kappa shape index (κ3) is 6.54. The Kier molecular flexibility index (Phi) is 8.50. The number of fused-ring (bicyclic) bond motifs is 1. The van der Waals surface area contributed by atoms with Gasteiger partial charge in [0.25, 0.3) is 0 Å². The SMILES string of the molecule is Cc1nc(C=CC(=O)N(Cc2ccc(-n3cccn3)cc2)C(Cc2ccccc2)C(=O)N2CCc3ccccc3C2)c(C)o1. The Balaban J connectivity index is 1.35. The highest BCUT2D eigenvalue weighted by Gasteiger charge is 2.34. The largest absolute Gasteiger partial charge is 0.446 e. The summed E-state index contributed by atoms with van der Waals surface area (Å²) in [5.41, 5.74) is 5.82. The molecule has 1 unspecified atom stereocenters. The summed E-state index contributed by atoms with van der Waals surface area (Å²) in [5, 5.41) is 4.31. The van der Waals surface area contributed by atoms with Crippen molar-refractivity contribution in [1.82, 2.24) is 24.6 Å². The van der Waals surface area contributed by atoms with Crippen LogP contribution in [-0.2, 0) is 35.5 Å². The minimum Gasteiger partial charge on any atom is -0.446 e. The molecule has 1 aliphatic heterocycles. The molecule has 2 amide bonds. The van der Waals surface area contributed by atoms with Crippen LogP contribution in [0.15, 0.2) is 108 Å². The molecule has 5 aromatic rings. The van der Waals surface area contributed by atoms with Crippen LogP contribution in [0.3, 0.4) is 0 Å². The number of rotatable bonds is 9. The Morgan fingerprint density at radius 3 is 2.39 bits per heavy atom. The van der Waals surface area contributed by atoms with E-state index in [9.17, 15) is 9.59 Å². The molecule has 0 aliphatic carbocycles. The summed E-state index contributed by atoms with van der Waals surface area (Å²) in [7, 11) is 0. The lowest BCUT2D eigenvalue weighted by Gasteiger charge is -2.36. The van der Waals surface area contributed by atoms with E-state index in [2.05, 4.69) is 22.2 Å². The lowest BCUT2D eigenvalue weighted by Crippen LogP contribution is -2.52. The molecule has 0 radical (unpaired) electrons. The number of amides is 2. The maximum atomic E-state index is 14.5. The van der Waals surface area contributed by atoms with Crippen LogP contribution in [0.4, 0.5) is 0 Å². The Labute approximate surface area is 257 Å². The Morgan fingerprint density at radius 2 is 1.68 bits per heavy atom. The number of aromatic nitrogens is 3. The van der Waals surface area contributed by atoms with Crippen molar-refractivity contribution in [3.8, 4) is 5.69 Å². The van der Waals surface area contributed by atoms with Crippen molar-refractivity contribution in [3.05, 3.63) is 143 Å². The number of hydrogen-bond donors (Lipinski definition) is 0. The summed E-state index contributed by atoms with van der Waals surface area (Å²) >= 11 is 0. The van der Waals surface area contributed by atoms with E-state index < -0.39 is 6.04 Å². The number of benzene rings is 3. The molecule has 0 saturated heterocycles. The highest BCUT2D eigenvalue weighted by Crippen LogP contribution is 2.23. The molecule has 0 bridgehead atoms. The van der Waals surface area contributed by atoms with Gasteiger partial charge in [-0.3, -0.25) is 9.59 Å². The third-order valence-electron chi connectivity index (χ3n) is 8.04. The normalized spacial score (nSPS) is 13.5. The van der Waals surface area contributed by atoms with Gasteiger partial charge in [-0.05, 0) is 59.9 Å². The molecule has 1 aliphatic rings. The first-order chi connectivity index (χ1) is 21.4. The van der Waals surface area contributed by atoms with Gasteiger partial charge in [0.05, 0.1) is 5.69 Å². The number of hydrogen-bond acceptors (Lipinski definition) is 5. The fourth-order valence-electron chi connectivity index (χ4n) is 5.72. The van der Waals surface area contributed by atoms with Gasteiger partial charge in [0.2, 0.25) is 11.8 Å². The number of oxazole rings is 1. The highest BCUT2D eigenvalue weighted by molar-refractivity contribution is 5.95. The highest BCUT2D eigenvalue weighted by atomic mass is 16.4. The van der Waals surface area contributed by atoms with Crippen LogP contribution in [0, 0.1) is 13.8 Å². The van der Waals surface area contributed by atoms with Gasteiger partial charge >= 0.3 is 0 Å². The predicted molar refractivity (Wildman–Crippen MR) is 169 cm³/mol. The Morgan fingerprint density at radius 1 is 0.932 bits per heavy atom. The predicted octanol–water partition coefficient (Wildman–Crippen LogP) is 5.72. The molecular weight excluding hydrogens is 550 g/mol. The van der Waals surface area contributed by atoms with E-state index in [1.807, 2.05) is 90.8 Å². The minimum absolute atomic E-state index is 0.0632. The number of carbonyl (C=O) groups excluding carboxylic acids is 2. The lowest BCUT2D eigenvalue weighted by molar-refractivity contribution is -0.144. The van der Waals surface area contributed by atoms with E-state index in [4.69, 9.17) is 4.42 Å². The van der Waals surface area contributed by atoms with Gasteiger partial charge in [-0.2, -0.15) is 5.10 Å². The Hall–Kier alpha value is -5.24. The van der Waals surface area contributed by atoms with Gasteiger partial charge in [-0.15, -0.1) is 0 Å². The quantitative estimate of drug-likeness (QED) is 0.207. The van der Waals surface area contributed by atoms with Crippen molar-refractivity contribution >= 4 is 17.9 Å². The first-order valence-electron chi connectivity index (χ1n) is 14.9. The van der Waals surface area contributed by atoms with E-state index >= 15 is 0 Å². The summed E-state index contributed by atoms with van der Waals surface area (Å²) in [6.07, 6.45) is 7.97. The molecule has 222 valence electrons. The molecule has 1 atom stereocenters. The fraction of sp³-hybridized carbons (Fsp3) is 0.222. The van der Waals surface area contributed by atoms with Gasteiger partial charge in [0.1, 0.15) is 17.5 Å². The molecule has 44 heavy (non-hydrogen) atoms. The van der Waals surface area contributed by atoms with Crippen LogP contribution in [0.5, 0.6) is 0 Å². The van der Waals surface area contributed by atoms with Crippen LogP contribution in [-0.4, -0.2) is 49.0 Å². The van der Waals surface area contributed by atoms with Gasteiger partial charge in [0, 0.05) is 51.4 Å². The second-order valence-electron chi connectivity index (χ2n) is 11.1. The number of nitrogens with zero attached hydrogens (tertiary/aromatic N) is 5. The summed E-state index contributed by atoms with van der Waals surface area (Å²) in [5.74, 6) is 0.835. The van der Waals surface area contributed by atoms with Crippen LogP contribution in [0.2, 0.25) is 0 Å². The summed E-state index contributed by atoms with van der Waals surface area (Å²) in [6, 6.07) is 27.2. The van der Waals surface area contributed by atoms with Gasteiger partial charge in [-0.1, -0.05) is 66.7 Å². The molecule has 2 aromatic heterocycles. The molecule has 0 N–H and O–H groups in total. The second-order valence-corrected chi connectivity index (χ2v) is 11.1. The zero-order valence-corrected chi connectivity index (χ0v) is 25.0. The average Bonchev–Trinajstić information content (AvgIpc) is 3.71. The smallest absolute Gasteiger partial charge is 0.247 e. The van der Waals surface area contributed by atoms with Crippen molar-refractivity contribution in [1.29, 1.82) is 0 Å². The van der Waals surface area contributed by atoms with Crippen molar-refractivity contribution in [2.24, 2.45) is 0 Å². The van der Waals surface area contributed by atoms with Crippen molar-refractivity contribution < 1.29 is 14.0 Å². The van der Waals surface area contributed by atoms with E-state index in [-0.39, 0.29) is 18.4 Å². The zero-order chi connectivity index (χ0) is 30.5. The molecule has 8 heteroatoms. The van der Waals surface area contributed by atoms with Crippen molar-refractivity contribution in [2.75, 3.05) is 6.54 Å². The maximum Gasteiger partial charge on any atom is 0.247 e. The van der Waals surface area contributed by atoms with Crippen LogP contribution >= 0.6 is 0 Å². The lowest BCUT2D eigenvalue weighted by atomic mass is 9.97. The van der Waals surface area contributed by atoms with Crippen molar-refractivity contribution in [3.63, 3.8) is 0 Å². The summed E-state index contributed by atoms with van der Waals surface area (Å²) < 4.78 is 7.35. The molecule has 0 saturated carbocycles. The molecule has 3 aromatic carbocycles. The standard InChI is InChI=1S/C36H35N5O3/c1-26-33(38-27(2)44-26)17-18-35(42)40(24-29-13-15-32(16-14-29)41-21-8-20-37-41)34(23-28-9-4-3-5-10-28)36(43)39-22-19-30-11-6-7-12-31(30)25-39/h3-18,20-21,34H,19,22-25H2,1-2H3. The summed E-state index contributed by atoms with van der Waals surface area (Å²) in [6.45, 7) is 4.98. The summed E-state index contributed by atoms with van der Waals surface area (Å²) in [4.78, 5) is 36.5. The van der Waals surface area contributed by atoms with Crippen LogP contribution < -0.4 is 0 Å². The first-order valence-corrected chi connectivity index (χ1v) is 14.9. The molecule has 3 heterocycles. The van der Waals surface area contributed by atoms with E-state index in [0.29, 0.717) is 36.9 Å². The topological polar surface area (TPSA) is 84.5 Å². The van der Waals surface area contributed by atoms with E-state index in [0.717, 1.165) is 28.8 Å². The molecule has 0 spiro atoms. The molecule has 0 fully saturated rings. The molecular formula is C36H35N5O3. The monoisotopic (exact) mass is 585 g/mol. The van der Waals surface area contributed by atoms with Crippen LogP contribution in [0.1, 0.15) is 39.6 Å².